The van der Waals surface area contributed by atoms with Crippen LogP contribution in [0.15, 0.2) is 18.2 Å². The zero-order valence-corrected chi connectivity index (χ0v) is 11.0. The third kappa shape index (κ3) is 1.99. The number of hydrogen-bond acceptors (Lipinski definition) is 4. The van der Waals surface area contributed by atoms with Crippen molar-refractivity contribution in [2.75, 3.05) is 20.0 Å². The topological polar surface area (TPSA) is 62.3 Å². The number of methoxy groups -OCH3 is 2. The van der Waals surface area contributed by atoms with E-state index < -0.39 is 0 Å². The second-order valence-electron chi connectivity index (χ2n) is 4.06. The van der Waals surface area contributed by atoms with Gasteiger partial charge in [0.05, 0.1) is 25.6 Å². The molecule has 0 atom stereocenters. The van der Waals surface area contributed by atoms with Crippen molar-refractivity contribution in [3.05, 3.63) is 23.9 Å². The SMILES string of the molecule is COc1cc(OC)cc(-c2c(C)nc(N)n2C)c1. The van der Waals surface area contributed by atoms with Crippen molar-refractivity contribution in [2.45, 2.75) is 6.92 Å². The van der Waals surface area contributed by atoms with Crippen LogP contribution >= 0.6 is 0 Å². The molecule has 0 saturated heterocycles. The van der Waals surface area contributed by atoms with Gasteiger partial charge in [-0.1, -0.05) is 0 Å². The normalized spacial score (nSPS) is 10.4. The first-order valence-corrected chi connectivity index (χ1v) is 5.59. The maximum Gasteiger partial charge on any atom is 0.200 e. The minimum atomic E-state index is 0.490. The first kappa shape index (κ1) is 12.3. The van der Waals surface area contributed by atoms with E-state index in [-0.39, 0.29) is 0 Å². The Morgan fingerprint density at radius 1 is 1.11 bits per heavy atom. The Bertz CT molecular complexity index is 554. The molecule has 2 N–H and O–H groups in total. The van der Waals surface area contributed by atoms with Crippen molar-refractivity contribution >= 4 is 5.95 Å². The van der Waals surface area contributed by atoms with Crippen molar-refractivity contribution in [2.24, 2.45) is 7.05 Å². The van der Waals surface area contributed by atoms with Gasteiger partial charge in [0, 0.05) is 18.7 Å². The fraction of sp³-hybridized carbons (Fsp3) is 0.308. The largest absolute Gasteiger partial charge is 0.497 e. The van der Waals surface area contributed by atoms with Crippen molar-refractivity contribution < 1.29 is 9.47 Å². The number of aryl methyl sites for hydroxylation is 1. The van der Waals surface area contributed by atoms with Gasteiger partial charge < -0.3 is 19.8 Å². The molecule has 0 aliphatic rings. The van der Waals surface area contributed by atoms with Gasteiger partial charge in [-0.3, -0.25) is 0 Å². The summed E-state index contributed by atoms with van der Waals surface area (Å²) in [7, 11) is 5.14. The van der Waals surface area contributed by atoms with Crippen LogP contribution in [-0.4, -0.2) is 23.8 Å². The van der Waals surface area contributed by atoms with E-state index in [1.807, 2.05) is 36.7 Å². The minimum absolute atomic E-state index is 0.490. The maximum atomic E-state index is 5.81. The Kier molecular flexibility index (Phi) is 3.14. The molecule has 0 aliphatic carbocycles. The number of aromatic nitrogens is 2. The van der Waals surface area contributed by atoms with Gasteiger partial charge >= 0.3 is 0 Å². The number of nitrogens with zero attached hydrogens (tertiary/aromatic N) is 2. The predicted octanol–water partition coefficient (Wildman–Crippen LogP) is 1.99. The number of benzene rings is 1. The van der Waals surface area contributed by atoms with Gasteiger partial charge in [-0.15, -0.1) is 0 Å². The summed E-state index contributed by atoms with van der Waals surface area (Å²) in [6.45, 7) is 1.93. The molecule has 0 radical (unpaired) electrons. The molecule has 2 aromatic rings. The minimum Gasteiger partial charge on any atom is -0.497 e. The molecule has 96 valence electrons. The molecule has 0 amide bonds. The van der Waals surface area contributed by atoms with Gasteiger partial charge in [-0.05, 0) is 19.1 Å². The highest BCUT2D eigenvalue weighted by molar-refractivity contribution is 5.68. The second kappa shape index (κ2) is 4.60. The lowest BCUT2D eigenvalue weighted by atomic mass is 10.1. The van der Waals surface area contributed by atoms with Crippen LogP contribution in [0.4, 0.5) is 5.95 Å². The number of imidazole rings is 1. The van der Waals surface area contributed by atoms with Crippen LogP contribution in [0, 0.1) is 6.92 Å². The number of ether oxygens (including phenoxy) is 2. The summed E-state index contributed by atoms with van der Waals surface area (Å²) in [6.07, 6.45) is 0. The first-order chi connectivity index (χ1) is 8.56. The van der Waals surface area contributed by atoms with E-state index in [1.165, 1.54) is 0 Å². The number of nitrogens with two attached hydrogens (primary N) is 1. The zero-order chi connectivity index (χ0) is 13.3. The number of hydrogen-bond donors (Lipinski definition) is 1. The van der Waals surface area contributed by atoms with Crippen LogP contribution in [0.25, 0.3) is 11.3 Å². The van der Waals surface area contributed by atoms with Gasteiger partial charge in [-0.2, -0.15) is 0 Å². The van der Waals surface area contributed by atoms with E-state index in [2.05, 4.69) is 4.98 Å². The van der Waals surface area contributed by atoms with Gasteiger partial charge in [0.25, 0.3) is 0 Å². The molecule has 0 unspecified atom stereocenters. The molecular weight excluding hydrogens is 230 g/mol. The van der Waals surface area contributed by atoms with E-state index in [4.69, 9.17) is 15.2 Å². The Morgan fingerprint density at radius 3 is 2.06 bits per heavy atom. The van der Waals surface area contributed by atoms with Crippen LogP contribution in [0.3, 0.4) is 0 Å². The highest BCUT2D eigenvalue weighted by Gasteiger charge is 2.13. The Hall–Kier alpha value is -2.17. The highest BCUT2D eigenvalue weighted by atomic mass is 16.5. The fourth-order valence-corrected chi connectivity index (χ4v) is 2.00. The van der Waals surface area contributed by atoms with Crippen molar-refractivity contribution in [1.29, 1.82) is 0 Å². The lowest BCUT2D eigenvalue weighted by molar-refractivity contribution is 0.394. The standard InChI is InChI=1S/C13H17N3O2/c1-8-12(16(2)13(14)15-8)9-5-10(17-3)7-11(6-9)18-4/h5-7H,1-4H3,(H2,14,15). The third-order valence-electron chi connectivity index (χ3n) is 2.93. The molecule has 0 fully saturated rings. The maximum absolute atomic E-state index is 5.81. The van der Waals surface area contributed by atoms with E-state index in [0.717, 1.165) is 28.5 Å². The highest BCUT2D eigenvalue weighted by Crippen LogP contribution is 2.32. The molecule has 0 spiro atoms. The van der Waals surface area contributed by atoms with Crippen LogP contribution in [-0.2, 0) is 7.05 Å². The molecular formula is C13H17N3O2. The summed E-state index contributed by atoms with van der Waals surface area (Å²) in [5.74, 6) is 1.97. The molecule has 2 rings (SSSR count). The number of rotatable bonds is 3. The molecule has 18 heavy (non-hydrogen) atoms. The number of anilines is 1. The van der Waals surface area contributed by atoms with E-state index in [9.17, 15) is 0 Å². The quantitative estimate of drug-likeness (QED) is 0.901. The van der Waals surface area contributed by atoms with E-state index in [1.54, 1.807) is 14.2 Å². The summed E-state index contributed by atoms with van der Waals surface area (Å²) in [6, 6.07) is 5.70. The summed E-state index contributed by atoms with van der Waals surface area (Å²) >= 11 is 0. The Labute approximate surface area is 106 Å². The molecule has 5 nitrogen and oxygen atoms in total. The van der Waals surface area contributed by atoms with E-state index in [0.29, 0.717) is 5.95 Å². The van der Waals surface area contributed by atoms with Crippen molar-refractivity contribution in [3.63, 3.8) is 0 Å². The van der Waals surface area contributed by atoms with Gasteiger partial charge in [0.1, 0.15) is 11.5 Å². The lowest BCUT2D eigenvalue weighted by Crippen LogP contribution is -1.99. The molecule has 1 aromatic heterocycles. The van der Waals surface area contributed by atoms with Gasteiger partial charge in [0.2, 0.25) is 5.95 Å². The average molecular weight is 247 g/mol. The summed E-state index contributed by atoms with van der Waals surface area (Å²) in [5, 5.41) is 0. The lowest BCUT2D eigenvalue weighted by Gasteiger charge is -2.10. The van der Waals surface area contributed by atoms with Crippen LogP contribution in [0.1, 0.15) is 5.69 Å². The monoisotopic (exact) mass is 247 g/mol. The first-order valence-electron chi connectivity index (χ1n) is 5.59. The predicted molar refractivity (Wildman–Crippen MR) is 70.9 cm³/mol. The van der Waals surface area contributed by atoms with Crippen molar-refractivity contribution in [1.82, 2.24) is 9.55 Å². The van der Waals surface area contributed by atoms with Crippen LogP contribution in [0.5, 0.6) is 11.5 Å². The Balaban J connectivity index is 2.62. The van der Waals surface area contributed by atoms with Gasteiger partial charge in [-0.25, -0.2) is 4.98 Å². The Morgan fingerprint density at radius 2 is 1.67 bits per heavy atom. The summed E-state index contributed by atoms with van der Waals surface area (Å²) in [5.41, 5.74) is 8.62. The van der Waals surface area contributed by atoms with Crippen molar-refractivity contribution in [3.8, 4) is 22.8 Å². The van der Waals surface area contributed by atoms with Gasteiger partial charge in [0.15, 0.2) is 0 Å². The summed E-state index contributed by atoms with van der Waals surface area (Å²) in [4.78, 5) is 4.26. The zero-order valence-electron chi connectivity index (χ0n) is 11.0. The molecule has 0 saturated carbocycles. The average Bonchev–Trinajstić information content (AvgIpc) is 2.62. The molecule has 5 heteroatoms. The van der Waals surface area contributed by atoms with E-state index >= 15 is 0 Å². The van der Waals surface area contributed by atoms with Crippen LogP contribution < -0.4 is 15.2 Å². The molecule has 1 aromatic carbocycles. The summed E-state index contributed by atoms with van der Waals surface area (Å²) < 4.78 is 12.4. The molecule has 0 bridgehead atoms. The molecule has 0 aliphatic heterocycles. The fourth-order valence-electron chi connectivity index (χ4n) is 2.00. The van der Waals surface area contributed by atoms with Crippen LogP contribution in [0.2, 0.25) is 0 Å². The molecule has 1 heterocycles. The third-order valence-corrected chi connectivity index (χ3v) is 2.93. The smallest absolute Gasteiger partial charge is 0.200 e. The number of nitrogen functional groups attached to an aromatic ring is 1. The second-order valence-corrected chi connectivity index (χ2v) is 4.06.